The zero-order valence-electron chi connectivity index (χ0n) is 19.5. The second-order valence-corrected chi connectivity index (χ2v) is 8.21. The smallest absolute Gasteiger partial charge is 0.338 e. The average molecular weight is 525 g/mol. The van der Waals surface area contributed by atoms with Crippen molar-refractivity contribution in [1.82, 2.24) is 0 Å². The minimum Gasteiger partial charge on any atom is -0.493 e. The Morgan fingerprint density at radius 1 is 1.06 bits per heavy atom. The van der Waals surface area contributed by atoms with Gasteiger partial charge in [0.2, 0.25) is 0 Å². The Morgan fingerprint density at radius 3 is 2.36 bits per heavy atom. The molecule has 1 N–H and O–H groups in total. The van der Waals surface area contributed by atoms with Crippen LogP contribution in [-0.4, -0.2) is 25.6 Å². The molecule has 0 heterocycles. The maximum atomic E-state index is 12.7. The maximum Gasteiger partial charge on any atom is 0.338 e. The van der Waals surface area contributed by atoms with Gasteiger partial charge in [-0.25, -0.2) is 4.79 Å². The maximum absolute atomic E-state index is 12.7. The SMILES string of the molecule is CCOC(=O)c1ccc(NC(=O)/C(C#N)=C/c2cc(Cl)c(OCc3ccc(Cl)cc3)c(OC)c2)cc1. The van der Waals surface area contributed by atoms with Crippen LogP contribution in [0.5, 0.6) is 11.5 Å². The van der Waals surface area contributed by atoms with E-state index >= 15 is 0 Å². The monoisotopic (exact) mass is 524 g/mol. The van der Waals surface area contributed by atoms with Gasteiger partial charge in [-0.15, -0.1) is 0 Å². The predicted molar refractivity (Wildman–Crippen MR) is 138 cm³/mol. The van der Waals surface area contributed by atoms with E-state index in [0.29, 0.717) is 33.3 Å². The van der Waals surface area contributed by atoms with Crippen molar-refractivity contribution in [3.63, 3.8) is 0 Å². The summed E-state index contributed by atoms with van der Waals surface area (Å²) < 4.78 is 16.2. The Labute approximate surface area is 218 Å². The third-order valence-corrected chi connectivity index (χ3v) is 5.41. The summed E-state index contributed by atoms with van der Waals surface area (Å²) in [6, 6.07) is 18.4. The van der Waals surface area contributed by atoms with Gasteiger partial charge in [0.15, 0.2) is 11.5 Å². The van der Waals surface area contributed by atoms with Crippen LogP contribution in [0.15, 0.2) is 66.2 Å². The predicted octanol–water partition coefficient (Wildman–Crippen LogP) is 6.30. The molecular weight excluding hydrogens is 503 g/mol. The summed E-state index contributed by atoms with van der Waals surface area (Å²) in [6.45, 7) is 2.22. The Balaban J connectivity index is 1.75. The minimum atomic E-state index is -0.625. The van der Waals surface area contributed by atoms with E-state index < -0.39 is 11.9 Å². The normalized spacial score (nSPS) is 10.8. The topological polar surface area (TPSA) is 97.7 Å². The van der Waals surface area contributed by atoms with E-state index in [1.54, 1.807) is 43.3 Å². The Bertz CT molecular complexity index is 1310. The van der Waals surface area contributed by atoms with Gasteiger partial charge in [0.1, 0.15) is 18.2 Å². The van der Waals surface area contributed by atoms with Crippen molar-refractivity contribution in [3.05, 3.63) is 93.0 Å². The largest absolute Gasteiger partial charge is 0.493 e. The molecule has 0 aliphatic carbocycles. The first kappa shape index (κ1) is 26.6. The molecule has 0 saturated carbocycles. The van der Waals surface area contributed by atoms with E-state index in [1.165, 1.54) is 25.3 Å². The Morgan fingerprint density at radius 2 is 1.75 bits per heavy atom. The van der Waals surface area contributed by atoms with Crippen LogP contribution in [0.25, 0.3) is 6.08 Å². The fourth-order valence-corrected chi connectivity index (χ4v) is 3.52. The summed E-state index contributed by atoms with van der Waals surface area (Å²) in [7, 11) is 1.46. The number of hydrogen-bond acceptors (Lipinski definition) is 6. The molecule has 0 atom stereocenters. The summed E-state index contributed by atoms with van der Waals surface area (Å²) in [4.78, 5) is 24.4. The van der Waals surface area contributed by atoms with Gasteiger partial charge in [-0.1, -0.05) is 35.3 Å². The number of nitriles is 1. The number of methoxy groups -OCH3 is 1. The molecule has 36 heavy (non-hydrogen) atoms. The van der Waals surface area contributed by atoms with Crippen molar-refractivity contribution >= 4 is 46.8 Å². The lowest BCUT2D eigenvalue weighted by Gasteiger charge is -2.14. The number of carbonyl (C=O) groups excluding carboxylic acids is 2. The van der Waals surface area contributed by atoms with E-state index in [9.17, 15) is 14.9 Å². The molecule has 3 aromatic carbocycles. The minimum absolute atomic E-state index is 0.155. The molecule has 0 radical (unpaired) electrons. The lowest BCUT2D eigenvalue weighted by atomic mass is 10.1. The van der Waals surface area contributed by atoms with Gasteiger partial charge in [-0.2, -0.15) is 5.26 Å². The van der Waals surface area contributed by atoms with Crippen LogP contribution < -0.4 is 14.8 Å². The van der Waals surface area contributed by atoms with Crippen LogP contribution in [-0.2, 0) is 16.1 Å². The quantitative estimate of drug-likeness (QED) is 0.200. The number of ether oxygens (including phenoxy) is 3. The number of benzene rings is 3. The zero-order chi connectivity index (χ0) is 26.1. The summed E-state index contributed by atoms with van der Waals surface area (Å²) in [6.07, 6.45) is 1.39. The molecule has 0 aliphatic heterocycles. The van der Waals surface area contributed by atoms with Crippen LogP contribution in [0.1, 0.15) is 28.4 Å². The first-order valence-corrected chi connectivity index (χ1v) is 11.5. The fraction of sp³-hybridized carbons (Fsp3) is 0.148. The van der Waals surface area contributed by atoms with Crippen LogP contribution in [0, 0.1) is 11.3 Å². The number of esters is 1. The van der Waals surface area contributed by atoms with E-state index in [-0.39, 0.29) is 23.8 Å². The summed E-state index contributed by atoms with van der Waals surface area (Å²) >= 11 is 12.3. The van der Waals surface area contributed by atoms with E-state index in [2.05, 4.69) is 5.32 Å². The molecule has 0 aliphatic rings. The summed E-state index contributed by atoms with van der Waals surface area (Å²) in [5.74, 6) is -0.412. The third kappa shape index (κ3) is 7.01. The molecule has 0 bridgehead atoms. The molecule has 3 rings (SSSR count). The van der Waals surface area contributed by atoms with Crippen molar-refractivity contribution in [2.75, 3.05) is 19.0 Å². The lowest BCUT2D eigenvalue weighted by Crippen LogP contribution is -2.13. The number of nitrogens with zero attached hydrogens (tertiary/aromatic N) is 1. The first-order chi connectivity index (χ1) is 17.3. The fourth-order valence-electron chi connectivity index (χ4n) is 3.12. The molecule has 0 fully saturated rings. The highest BCUT2D eigenvalue weighted by atomic mass is 35.5. The Kier molecular flexibility index (Phi) is 9.34. The number of anilines is 1. The van der Waals surface area contributed by atoms with Gasteiger partial charge in [0.25, 0.3) is 5.91 Å². The number of halogens is 2. The summed E-state index contributed by atoms with van der Waals surface area (Å²) in [5.41, 5.74) is 1.97. The van der Waals surface area contributed by atoms with Crippen molar-refractivity contribution in [3.8, 4) is 17.6 Å². The number of amides is 1. The second kappa shape index (κ2) is 12.6. The standard InChI is InChI=1S/C27H22Cl2N2O5/c1-3-35-27(33)19-6-10-22(11-7-19)31-26(32)20(15-30)12-18-13-23(29)25(24(14-18)34-2)36-16-17-4-8-21(28)9-5-17/h4-14H,3,16H2,1-2H3,(H,31,32)/b20-12+. The molecule has 3 aromatic rings. The highest BCUT2D eigenvalue weighted by molar-refractivity contribution is 6.32. The van der Waals surface area contributed by atoms with Gasteiger partial charge >= 0.3 is 5.97 Å². The van der Waals surface area contributed by atoms with Crippen molar-refractivity contribution in [2.24, 2.45) is 0 Å². The van der Waals surface area contributed by atoms with E-state index in [4.69, 9.17) is 37.4 Å². The molecule has 1 amide bonds. The van der Waals surface area contributed by atoms with Crippen molar-refractivity contribution in [2.45, 2.75) is 13.5 Å². The molecular formula is C27H22Cl2N2O5. The number of hydrogen-bond donors (Lipinski definition) is 1. The zero-order valence-corrected chi connectivity index (χ0v) is 21.0. The molecule has 9 heteroatoms. The highest BCUT2D eigenvalue weighted by Gasteiger charge is 2.15. The van der Waals surface area contributed by atoms with Crippen LogP contribution in [0.3, 0.4) is 0 Å². The third-order valence-electron chi connectivity index (χ3n) is 4.88. The average Bonchev–Trinajstić information content (AvgIpc) is 2.87. The van der Waals surface area contributed by atoms with Crippen molar-refractivity contribution < 1.29 is 23.8 Å². The van der Waals surface area contributed by atoms with Gasteiger partial charge in [-0.05, 0) is 72.7 Å². The first-order valence-electron chi connectivity index (χ1n) is 10.8. The van der Waals surface area contributed by atoms with Gasteiger partial charge < -0.3 is 19.5 Å². The number of carbonyl (C=O) groups is 2. The van der Waals surface area contributed by atoms with Gasteiger partial charge in [0.05, 0.1) is 24.3 Å². The molecule has 184 valence electrons. The van der Waals surface area contributed by atoms with E-state index in [1.807, 2.05) is 18.2 Å². The molecule has 7 nitrogen and oxygen atoms in total. The van der Waals surface area contributed by atoms with Crippen molar-refractivity contribution in [1.29, 1.82) is 5.26 Å². The van der Waals surface area contributed by atoms with Crippen LogP contribution in [0.4, 0.5) is 5.69 Å². The van der Waals surface area contributed by atoms with Gasteiger partial charge in [0, 0.05) is 10.7 Å². The van der Waals surface area contributed by atoms with Crippen LogP contribution >= 0.6 is 23.2 Å². The second-order valence-electron chi connectivity index (χ2n) is 7.37. The molecule has 0 aromatic heterocycles. The highest BCUT2D eigenvalue weighted by Crippen LogP contribution is 2.37. The van der Waals surface area contributed by atoms with Gasteiger partial charge in [-0.3, -0.25) is 4.79 Å². The van der Waals surface area contributed by atoms with E-state index in [0.717, 1.165) is 5.56 Å². The number of nitrogens with one attached hydrogen (secondary N) is 1. The van der Waals surface area contributed by atoms with Crippen LogP contribution in [0.2, 0.25) is 10.0 Å². The molecule has 0 spiro atoms. The molecule has 0 saturated heterocycles. The number of rotatable bonds is 9. The molecule has 0 unspecified atom stereocenters. The lowest BCUT2D eigenvalue weighted by molar-refractivity contribution is -0.112. The summed E-state index contributed by atoms with van der Waals surface area (Å²) in [5, 5.41) is 13.1. The Hall–Kier alpha value is -3.99.